The number of rotatable bonds is 4. The number of β-amino-alcohol motifs (C(OH)–C–C–N with tert-alkyl or cyclic N) is 1. The summed E-state index contributed by atoms with van der Waals surface area (Å²) < 4.78 is 5.21. The van der Waals surface area contributed by atoms with Gasteiger partial charge in [0, 0.05) is 13.0 Å². The zero-order valence-electron chi connectivity index (χ0n) is 12.1. The Morgan fingerprint density at radius 2 is 2.14 bits per heavy atom. The quantitative estimate of drug-likeness (QED) is 0.848. The van der Waals surface area contributed by atoms with Crippen LogP contribution in [0.2, 0.25) is 0 Å². The van der Waals surface area contributed by atoms with E-state index in [1.807, 2.05) is 19.1 Å². The molecular weight excluding hydrogens is 274 g/mol. The molecule has 21 heavy (non-hydrogen) atoms. The van der Waals surface area contributed by atoms with Crippen LogP contribution >= 0.6 is 0 Å². The smallest absolute Gasteiger partial charge is 0.326 e. The largest absolute Gasteiger partial charge is 0.496 e. The lowest BCUT2D eigenvalue weighted by molar-refractivity contribution is -0.148. The van der Waals surface area contributed by atoms with E-state index in [0.717, 1.165) is 11.1 Å². The highest BCUT2D eigenvalue weighted by Gasteiger charge is 2.38. The van der Waals surface area contributed by atoms with Gasteiger partial charge in [0.2, 0.25) is 5.91 Å². The van der Waals surface area contributed by atoms with Gasteiger partial charge >= 0.3 is 5.97 Å². The van der Waals surface area contributed by atoms with Crippen molar-refractivity contribution < 1.29 is 24.5 Å². The van der Waals surface area contributed by atoms with Crippen LogP contribution in [0.25, 0.3) is 0 Å². The molecule has 6 nitrogen and oxygen atoms in total. The lowest BCUT2D eigenvalue weighted by Gasteiger charge is -2.21. The molecule has 0 spiro atoms. The van der Waals surface area contributed by atoms with Crippen molar-refractivity contribution in [1.82, 2.24) is 4.90 Å². The first-order valence-electron chi connectivity index (χ1n) is 6.76. The van der Waals surface area contributed by atoms with Crippen molar-refractivity contribution in [3.63, 3.8) is 0 Å². The van der Waals surface area contributed by atoms with Crippen LogP contribution < -0.4 is 4.74 Å². The number of aliphatic hydroxyl groups is 1. The zero-order chi connectivity index (χ0) is 15.6. The predicted molar refractivity (Wildman–Crippen MR) is 75.2 cm³/mol. The Hall–Kier alpha value is -2.08. The lowest BCUT2D eigenvalue weighted by Crippen LogP contribution is -2.41. The van der Waals surface area contributed by atoms with Crippen molar-refractivity contribution in [2.24, 2.45) is 0 Å². The van der Waals surface area contributed by atoms with Crippen molar-refractivity contribution in [2.45, 2.75) is 31.9 Å². The van der Waals surface area contributed by atoms with Crippen LogP contribution in [0, 0.1) is 6.92 Å². The molecule has 2 atom stereocenters. The number of amides is 1. The fourth-order valence-corrected chi connectivity index (χ4v) is 2.57. The summed E-state index contributed by atoms with van der Waals surface area (Å²) >= 11 is 0. The molecule has 0 aliphatic carbocycles. The fraction of sp³-hybridized carbons (Fsp3) is 0.467. The number of hydrogen-bond acceptors (Lipinski definition) is 4. The number of aryl methyl sites for hydroxylation is 1. The van der Waals surface area contributed by atoms with Crippen molar-refractivity contribution >= 4 is 11.9 Å². The SMILES string of the molecule is COc1cc(CC(=O)N2CC(O)C[C@H]2C(=O)O)ccc1C. The first-order valence-corrected chi connectivity index (χ1v) is 6.76. The summed E-state index contributed by atoms with van der Waals surface area (Å²) in [5.74, 6) is -0.692. The number of aliphatic carboxylic acids is 1. The highest BCUT2D eigenvalue weighted by atomic mass is 16.5. The van der Waals surface area contributed by atoms with Crippen molar-refractivity contribution in [3.05, 3.63) is 29.3 Å². The Balaban J connectivity index is 2.12. The van der Waals surface area contributed by atoms with E-state index >= 15 is 0 Å². The molecule has 1 aliphatic heterocycles. The van der Waals surface area contributed by atoms with Crippen LogP contribution in [-0.4, -0.2) is 52.8 Å². The predicted octanol–water partition coefficient (Wildman–Crippen LogP) is 0.593. The molecule has 1 aromatic carbocycles. The van der Waals surface area contributed by atoms with Crippen LogP contribution in [0.15, 0.2) is 18.2 Å². The van der Waals surface area contributed by atoms with Gasteiger partial charge in [0.15, 0.2) is 0 Å². The third-order valence-corrected chi connectivity index (χ3v) is 3.71. The topological polar surface area (TPSA) is 87.1 Å². The van der Waals surface area contributed by atoms with Gasteiger partial charge < -0.3 is 19.8 Å². The molecule has 1 aliphatic rings. The second-order valence-electron chi connectivity index (χ2n) is 5.27. The van der Waals surface area contributed by atoms with E-state index in [4.69, 9.17) is 9.84 Å². The lowest BCUT2D eigenvalue weighted by atomic mass is 10.1. The van der Waals surface area contributed by atoms with Crippen LogP contribution in [0.3, 0.4) is 0 Å². The molecule has 114 valence electrons. The van der Waals surface area contributed by atoms with Crippen molar-refractivity contribution in [1.29, 1.82) is 0 Å². The highest BCUT2D eigenvalue weighted by Crippen LogP contribution is 2.22. The minimum Gasteiger partial charge on any atom is -0.496 e. The number of benzene rings is 1. The van der Waals surface area contributed by atoms with Gasteiger partial charge in [0.1, 0.15) is 11.8 Å². The normalized spacial score (nSPS) is 21.4. The van der Waals surface area contributed by atoms with Gasteiger partial charge in [0.05, 0.1) is 19.6 Å². The molecule has 2 rings (SSSR count). The van der Waals surface area contributed by atoms with Gasteiger partial charge in [-0.1, -0.05) is 12.1 Å². The summed E-state index contributed by atoms with van der Waals surface area (Å²) in [5.41, 5.74) is 1.72. The monoisotopic (exact) mass is 293 g/mol. The maximum absolute atomic E-state index is 12.3. The summed E-state index contributed by atoms with van der Waals surface area (Å²) in [5, 5.41) is 18.7. The maximum atomic E-state index is 12.3. The van der Waals surface area contributed by atoms with Crippen molar-refractivity contribution in [2.75, 3.05) is 13.7 Å². The van der Waals surface area contributed by atoms with Gasteiger partial charge in [-0.25, -0.2) is 4.79 Å². The average Bonchev–Trinajstić information content (AvgIpc) is 2.83. The molecule has 1 heterocycles. The number of hydrogen-bond donors (Lipinski definition) is 2. The number of carbonyl (C=O) groups is 2. The Labute approximate surface area is 122 Å². The summed E-state index contributed by atoms with van der Waals surface area (Å²) in [6.45, 7) is 1.97. The Morgan fingerprint density at radius 3 is 2.76 bits per heavy atom. The molecule has 0 bridgehead atoms. The van der Waals surface area contributed by atoms with E-state index in [0.29, 0.717) is 5.75 Å². The summed E-state index contributed by atoms with van der Waals surface area (Å²) in [7, 11) is 1.56. The molecule has 0 radical (unpaired) electrons. The standard InChI is InChI=1S/C15H19NO5/c1-9-3-4-10(5-13(9)21-2)6-14(18)16-8-11(17)7-12(16)15(19)20/h3-5,11-12,17H,6-8H2,1-2H3,(H,19,20)/t11?,12-/m0/s1. The summed E-state index contributed by atoms with van der Waals surface area (Å²) in [6.07, 6.45) is -0.603. The number of ether oxygens (including phenoxy) is 1. The van der Waals surface area contributed by atoms with E-state index in [9.17, 15) is 14.7 Å². The highest BCUT2D eigenvalue weighted by molar-refractivity contribution is 5.85. The molecule has 0 aromatic heterocycles. The molecule has 6 heteroatoms. The van der Waals surface area contributed by atoms with Crippen LogP contribution in [0.4, 0.5) is 0 Å². The van der Waals surface area contributed by atoms with E-state index < -0.39 is 18.1 Å². The van der Waals surface area contributed by atoms with Crippen LogP contribution in [0.1, 0.15) is 17.5 Å². The first kappa shape index (κ1) is 15.3. The number of aliphatic hydroxyl groups excluding tert-OH is 1. The van der Waals surface area contributed by atoms with Gasteiger partial charge in [-0.2, -0.15) is 0 Å². The third kappa shape index (κ3) is 3.33. The molecule has 1 unspecified atom stereocenters. The molecule has 1 amide bonds. The van der Waals surface area contributed by atoms with Gasteiger partial charge in [-0.05, 0) is 24.1 Å². The van der Waals surface area contributed by atoms with Crippen LogP contribution in [0.5, 0.6) is 5.75 Å². The number of methoxy groups -OCH3 is 1. The van der Waals surface area contributed by atoms with Crippen LogP contribution in [-0.2, 0) is 16.0 Å². The molecule has 1 fully saturated rings. The van der Waals surface area contributed by atoms with Gasteiger partial charge in [0.25, 0.3) is 0 Å². The minimum atomic E-state index is -1.08. The number of carboxylic acids is 1. The summed E-state index contributed by atoms with van der Waals surface area (Å²) in [6, 6.07) is 4.50. The molecule has 1 saturated heterocycles. The van der Waals surface area contributed by atoms with E-state index in [1.165, 1.54) is 4.90 Å². The zero-order valence-corrected chi connectivity index (χ0v) is 12.1. The van der Waals surface area contributed by atoms with Gasteiger partial charge in [-0.3, -0.25) is 4.79 Å². The van der Waals surface area contributed by atoms with E-state index in [1.54, 1.807) is 13.2 Å². The number of nitrogens with zero attached hydrogens (tertiary/aromatic N) is 1. The second kappa shape index (κ2) is 6.13. The number of likely N-dealkylation sites (tertiary alicyclic amines) is 1. The maximum Gasteiger partial charge on any atom is 0.326 e. The van der Waals surface area contributed by atoms with E-state index in [2.05, 4.69) is 0 Å². The Bertz CT molecular complexity index is 557. The molecule has 0 saturated carbocycles. The molecule has 2 N–H and O–H groups in total. The Morgan fingerprint density at radius 1 is 1.43 bits per heavy atom. The number of carboxylic acid groups (broad SMARTS) is 1. The minimum absolute atomic E-state index is 0.0683. The second-order valence-corrected chi connectivity index (χ2v) is 5.27. The summed E-state index contributed by atoms with van der Waals surface area (Å²) in [4.78, 5) is 24.6. The van der Waals surface area contributed by atoms with Crippen molar-refractivity contribution in [3.8, 4) is 5.75 Å². The molecular formula is C15H19NO5. The average molecular weight is 293 g/mol. The Kier molecular flexibility index (Phi) is 4.47. The fourth-order valence-electron chi connectivity index (χ4n) is 2.57. The third-order valence-electron chi connectivity index (χ3n) is 3.71. The first-order chi connectivity index (χ1) is 9.92. The van der Waals surface area contributed by atoms with Gasteiger partial charge in [-0.15, -0.1) is 0 Å². The van der Waals surface area contributed by atoms with E-state index in [-0.39, 0.29) is 25.3 Å². The number of carbonyl (C=O) groups excluding carboxylic acids is 1. The molecule has 1 aromatic rings.